The number of piperazine rings is 1. The van der Waals surface area contributed by atoms with Crippen LogP contribution in [0.25, 0.3) is 0 Å². The summed E-state index contributed by atoms with van der Waals surface area (Å²) in [6.45, 7) is 7.90. The fraction of sp³-hybridized carbons (Fsp3) is 0.714. The number of anilines is 2. The first kappa shape index (κ1) is 15.8. The molecule has 1 aliphatic rings. The lowest BCUT2D eigenvalue weighted by Crippen LogP contribution is -2.52. The molecule has 0 aromatic carbocycles. The summed E-state index contributed by atoms with van der Waals surface area (Å²) in [5.41, 5.74) is 6.54. The minimum absolute atomic E-state index is 0.0353. The lowest BCUT2D eigenvalue weighted by Gasteiger charge is -2.37. The van der Waals surface area contributed by atoms with E-state index in [0.29, 0.717) is 23.4 Å². The molecule has 2 rings (SSSR count). The predicted octanol–water partition coefficient (Wildman–Crippen LogP) is 0.504. The van der Waals surface area contributed by atoms with Crippen LogP contribution in [-0.2, 0) is 0 Å². The van der Waals surface area contributed by atoms with E-state index in [4.69, 9.17) is 10.5 Å². The Morgan fingerprint density at radius 1 is 1.38 bits per heavy atom. The molecule has 118 valence electrons. The Labute approximate surface area is 126 Å². The van der Waals surface area contributed by atoms with E-state index in [1.807, 2.05) is 13.8 Å². The van der Waals surface area contributed by atoms with Crippen molar-refractivity contribution in [3.05, 3.63) is 6.33 Å². The highest BCUT2D eigenvalue weighted by atomic mass is 16.5. The Morgan fingerprint density at radius 2 is 2.14 bits per heavy atom. The van der Waals surface area contributed by atoms with Crippen LogP contribution in [0.5, 0.6) is 5.88 Å². The summed E-state index contributed by atoms with van der Waals surface area (Å²) in [4.78, 5) is 13.0. The van der Waals surface area contributed by atoms with Gasteiger partial charge in [0.1, 0.15) is 12.0 Å². The van der Waals surface area contributed by atoms with Gasteiger partial charge in [0.05, 0.1) is 6.10 Å². The maximum atomic E-state index is 6.07. The van der Waals surface area contributed by atoms with E-state index >= 15 is 0 Å². The van der Waals surface area contributed by atoms with Crippen LogP contribution in [0.3, 0.4) is 0 Å². The maximum Gasteiger partial charge on any atom is 0.242 e. The van der Waals surface area contributed by atoms with Crippen LogP contribution in [0, 0.1) is 0 Å². The molecule has 2 heterocycles. The topological polar surface area (TPSA) is 79.5 Å². The number of nitrogens with two attached hydrogens (primary N) is 1. The Bertz CT molecular complexity index is 467. The van der Waals surface area contributed by atoms with Crippen molar-refractivity contribution in [1.82, 2.24) is 19.8 Å². The molecule has 1 unspecified atom stereocenters. The second-order valence-corrected chi connectivity index (χ2v) is 5.89. The van der Waals surface area contributed by atoms with Gasteiger partial charge in [-0.1, -0.05) is 0 Å². The van der Waals surface area contributed by atoms with Gasteiger partial charge in [0.25, 0.3) is 0 Å². The highest BCUT2D eigenvalue weighted by Crippen LogP contribution is 2.25. The second-order valence-electron chi connectivity index (χ2n) is 5.89. The third kappa shape index (κ3) is 4.18. The van der Waals surface area contributed by atoms with Crippen molar-refractivity contribution in [3.8, 4) is 5.88 Å². The number of aromatic nitrogens is 2. The summed E-state index contributed by atoms with van der Waals surface area (Å²) in [7, 11) is 4.30. The van der Waals surface area contributed by atoms with Crippen molar-refractivity contribution in [2.75, 3.05) is 51.3 Å². The molecule has 0 amide bonds. The fourth-order valence-corrected chi connectivity index (χ4v) is 2.37. The molecular weight excluding hydrogens is 268 g/mol. The zero-order chi connectivity index (χ0) is 15.4. The van der Waals surface area contributed by atoms with E-state index in [1.54, 1.807) is 0 Å². The number of nitrogens with zero attached hydrogens (tertiary/aromatic N) is 4. The molecule has 0 saturated carbocycles. The van der Waals surface area contributed by atoms with Crippen LogP contribution < -0.4 is 15.8 Å². The second kappa shape index (κ2) is 6.91. The minimum atomic E-state index is 0.0353. The standard InChI is InChI=1S/C14H26N6O/c1-10(2)21-14-12(15)13(17-9-18-14)16-7-11-8-19(3)5-6-20(11)4/h9-11H,5-8,15H2,1-4H3,(H,16,17,18). The van der Waals surface area contributed by atoms with E-state index in [0.717, 1.165) is 26.2 Å². The first-order valence-corrected chi connectivity index (χ1v) is 7.37. The predicted molar refractivity (Wildman–Crippen MR) is 84.6 cm³/mol. The fourth-order valence-electron chi connectivity index (χ4n) is 2.37. The summed E-state index contributed by atoms with van der Waals surface area (Å²) in [5, 5.41) is 3.32. The van der Waals surface area contributed by atoms with Crippen molar-refractivity contribution in [2.45, 2.75) is 26.0 Å². The Balaban J connectivity index is 1.99. The Morgan fingerprint density at radius 3 is 2.86 bits per heavy atom. The van der Waals surface area contributed by atoms with Crippen molar-refractivity contribution in [3.63, 3.8) is 0 Å². The number of nitrogens with one attached hydrogen (secondary N) is 1. The van der Waals surface area contributed by atoms with Gasteiger partial charge in [-0.05, 0) is 27.9 Å². The third-order valence-electron chi connectivity index (χ3n) is 3.68. The number of nitrogen functional groups attached to an aromatic ring is 1. The molecule has 7 heteroatoms. The zero-order valence-corrected chi connectivity index (χ0v) is 13.3. The van der Waals surface area contributed by atoms with E-state index in [1.165, 1.54) is 6.33 Å². The molecule has 7 nitrogen and oxygen atoms in total. The highest BCUT2D eigenvalue weighted by molar-refractivity contribution is 5.66. The SMILES string of the molecule is CC(C)Oc1ncnc(NCC2CN(C)CCN2C)c1N. The van der Waals surface area contributed by atoms with Crippen LogP contribution in [0.15, 0.2) is 6.33 Å². The molecule has 1 aromatic heterocycles. The van der Waals surface area contributed by atoms with Gasteiger partial charge in [0.15, 0.2) is 5.82 Å². The number of hydrogen-bond donors (Lipinski definition) is 2. The van der Waals surface area contributed by atoms with E-state index in [-0.39, 0.29) is 6.10 Å². The molecule has 1 saturated heterocycles. The van der Waals surface area contributed by atoms with Crippen molar-refractivity contribution < 1.29 is 4.74 Å². The van der Waals surface area contributed by atoms with Gasteiger partial charge in [0, 0.05) is 32.2 Å². The van der Waals surface area contributed by atoms with Gasteiger partial charge in [-0.15, -0.1) is 0 Å². The average molecular weight is 294 g/mol. The van der Waals surface area contributed by atoms with Crippen LogP contribution in [0.1, 0.15) is 13.8 Å². The lowest BCUT2D eigenvalue weighted by atomic mass is 10.2. The summed E-state index contributed by atoms with van der Waals surface area (Å²) < 4.78 is 5.58. The van der Waals surface area contributed by atoms with Crippen LogP contribution in [0.4, 0.5) is 11.5 Å². The normalized spacial score (nSPS) is 20.7. The molecule has 0 aliphatic carbocycles. The molecule has 1 fully saturated rings. The van der Waals surface area contributed by atoms with Crippen LogP contribution in [-0.4, -0.2) is 72.2 Å². The molecule has 1 aromatic rings. The van der Waals surface area contributed by atoms with E-state index < -0.39 is 0 Å². The van der Waals surface area contributed by atoms with Crippen molar-refractivity contribution >= 4 is 11.5 Å². The summed E-state index contributed by atoms with van der Waals surface area (Å²) >= 11 is 0. The molecule has 21 heavy (non-hydrogen) atoms. The zero-order valence-electron chi connectivity index (χ0n) is 13.3. The van der Waals surface area contributed by atoms with Gasteiger partial charge in [-0.25, -0.2) is 4.98 Å². The monoisotopic (exact) mass is 294 g/mol. The van der Waals surface area contributed by atoms with Gasteiger partial charge in [0.2, 0.25) is 5.88 Å². The quantitative estimate of drug-likeness (QED) is 0.818. The van der Waals surface area contributed by atoms with Gasteiger partial charge >= 0.3 is 0 Å². The molecule has 0 bridgehead atoms. The van der Waals surface area contributed by atoms with E-state index in [9.17, 15) is 0 Å². The van der Waals surface area contributed by atoms with Crippen LogP contribution in [0.2, 0.25) is 0 Å². The van der Waals surface area contributed by atoms with Gasteiger partial charge in [-0.3, -0.25) is 4.90 Å². The Kier molecular flexibility index (Phi) is 5.19. The van der Waals surface area contributed by atoms with Crippen LogP contribution >= 0.6 is 0 Å². The minimum Gasteiger partial charge on any atom is -0.473 e. The smallest absolute Gasteiger partial charge is 0.242 e. The maximum absolute atomic E-state index is 6.07. The molecule has 0 radical (unpaired) electrons. The average Bonchev–Trinajstić information content (AvgIpc) is 2.43. The number of ether oxygens (including phenoxy) is 1. The number of hydrogen-bond acceptors (Lipinski definition) is 7. The first-order valence-electron chi connectivity index (χ1n) is 7.37. The molecule has 3 N–H and O–H groups in total. The summed E-state index contributed by atoms with van der Waals surface area (Å²) in [5.74, 6) is 1.08. The highest BCUT2D eigenvalue weighted by Gasteiger charge is 2.22. The van der Waals surface area contributed by atoms with Gasteiger partial charge in [-0.2, -0.15) is 4.98 Å². The molecule has 1 aliphatic heterocycles. The van der Waals surface area contributed by atoms with E-state index in [2.05, 4.69) is 39.2 Å². The molecular formula is C14H26N6O. The van der Waals surface area contributed by atoms with Gasteiger partial charge < -0.3 is 20.7 Å². The Hall–Kier alpha value is -1.60. The lowest BCUT2D eigenvalue weighted by molar-refractivity contribution is 0.122. The largest absolute Gasteiger partial charge is 0.473 e. The third-order valence-corrected chi connectivity index (χ3v) is 3.68. The first-order chi connectivity index (χ1) is 9.97. The number of rotatable bonds is 5. The van der Waals surface area contributed by atoms with Crippen molar-refractivity contribution in [1.29, 1.82) is 0 Å². The number of likely N-dealkylation sites (N-methyl/N-ethyl adjacent to an activating group) is 2. The molecule has 1 atom stereocenters. The summed E-state index contributed by atoms with van der Waals surface area (Å²) in [6, 6.07) is 0.438. The van der Waals surface area contributed by atoms with Crippen molar-refractivity contribution in [2.24, 2.45) is 0 Å². The molecule has 0 spiro atoms. The summed E-state index contributed by atoms with van der Waals surface area (Å²) in [6.07, 6.45) is 1.51.